The van der Waals surface area contributed by atoms with Crippen molar-refractivity contribution in [2.45, 2.75) is 17.4 Å². The summed E-state index contributed by atoms with van der Waals surface area (Å²) >= 11 is 0. The van der Waals surface area contributed by atoms with Gasteiger partial charge in [0.25, 0.3) is 11.6 Å². The second kappa shape index (κ2) is 8.86. The predicted octanol–water partition coefficient (Wildman–Crippen LogP) is 1.38. The van der Waals surface area contributed by atoms with Crippen molar-refractivity contribution in [2.75, 3.05) is 5.75 Å². The third-order valence-electron chi connectivity index (χ3n) is 3.57. The smallest absolute Gasteiger partial charge is 0.270 e. The number of nitrogens with one attached hydrogen (secondary N) is 1. The van der Waals surface area contributed by atoms with Gasteiger partial charge >= 0.3 is 0 Å². The lowest BCUT2D eigenvalue weighted by Crippen LogP contribution is -2.45. The third-order valence-corrected chi connectivity index (χ3v) is 4.97. The van der Waals surface area contributed by atoms with Crippen LogP contribution in [0.2, 0.25) is 0 Å². The van der Waals surface area contributed by atoms with Crippen LogP contribution in [0.5, 0.6) is 0 Å². The van der Waals surface area contributed by atoms with Gasteiger partial charge in [-0.25, -0.2) is 0 Å². The first kappa shape index (κ1) is 19.3. The minimum Gasteiger partial charge on any atom is -0.368 e. The largest absolute Gasteiger partial charge is 0.368 e. The van der Waals surface area contributed by atoms with Crippen LogP contribution in [0.4, 0.5) is 5.69 Å². The molecule has 8 nitrogen and oxygen atoms in total. The molecule has 2 atom stereocenters. The molecule has 0 aliphatic rings. The highest BCUT2D eigenvalue weighted by Crippen LogP contribution is 2.13. The van der Waals surface area contributed by atoms with Gasteiger partial charge in [0.15, 0.2) is 0 Å². The van der Waals surface area contributed by atoms with E-state index < -0.39 is 33.6 Å². The van der Waals surface area contributed by atoms with Gasteiger partial charge in [-0.3, -0.25) is 23.9 Å². The number of non-ortho nitro benzene ring substituents is 1. The van der Waals surface area contributed by atoms with Crippen molar-refractivity contribution < 1.29 is 18.7 Å². The van der Waals surface area contributed by atoms with E-state index in [1.54, 1.807) is 30.3 Å². The zero-order chi connectivity index (χ0) is 19.1. The Kier molecular flexibility index (Phi) is 6.56. The monoisotopic (exact) mass is 375 g/mol. The SMILES string of the molecule is NC(=O)[C@H](CC[S@@](=O)c1ccccc1)NC(=O)c1cccc([N+](=O)[O-])c1. The van der Waals surface area contributed by atoms with E-state index in [1.807, 2.05) is 0 Å². The fourth-order valence-corrected chi connectivity index (χ4v) is 3.35. The maximum atomic E-state index is 12.2. The molecule has 0 bridgehead atoms. The topological polar surface area (TPSA) is 132 Å². The summed E-state index contributed by atoms with van der Waals surface area (Å²) in [5.41, 5.74) is 5.10. The molecule has 9 heteroatoms. The molecule has 26 heavy (non-hydrogen) atoms. The summed E-state index contributed by atoms with van der Waals surface area (Å²) in [6, 6.07) is 12.8. The average Bonchev–Trinajstić information content (AvgIpc) is 2.65. The van der Waals surface area contributed by atoms with Crippen molar-refractivity contribution in [3.63, 3.8) is 0 Å². The lowest BCUT2D eigenvalue weighted by molar-refractivity contribution is -0.384. The minimum absolute atomic E-state index is 0.0367. The molecular formula is C17H17N3O5S. The van der Waals surface area contributed by atoms with Crippen molar-refractivity contribution in [3.8, 4) is 0 Å². The summed E-state index contributed by atoms with van der Waals surface area (Å²) in [5.74, 6) is -1.30. The molecule has 2 amide bonds. The lowest BCUT2D eigenvalue weighted by atomic mass is 10.1. The van der Waals surface area contributed by atoms with Gasteiger partial charge < -0.3 is 11.1 Å². The molecule has 2 aromatic carbocycles. The number of nitro groups is 1. The van der Waals surface area contributed by atoms with E-state index in [2.05, 4.69) is 5.32 Å². The molecule has 0 spiro atoms. The third kappa shape index (κ3) is 5.21. The number of primary amides is 1. The number of amides is 2. The van der Waals surface area contributed by atoms with Gasteiger partial charge in [-0.1, -0.05) is 24.3 Å². The number of nitrogens with two attached hydrogens (primary N) is 1. The second-order valence-electron chi connectivity index (χ2n) is 5.39. The summed E-state index contributed by atoms with van der Waals surface area (Å²) in [7, 11) is -1.34. The average molecular weight is 375 g/mol. The molecule has 0 radical (unpaired) electrons. The number of nitro benzene ring substituents is 1. The second-order valence-corrected chi connectivity index (χ2v) is 6.96. The minimum atomic E-state index is -1.34. The predicted molar refractivity (Wildman–Crippen MR) is 95.9 cm³/mol. The first-order valence-corrected chi connectivity index (χ1v) is 8.98. The van der Waals surface area contributed by atoms with Crippen molar-refractivity contribution in [2.24, 2.45) is 5.73 Å². The Hall–Kier alpha value is -3.07. The molecule has 0 aliphatic carbocycles. The summed E-state index contributed by atoms with van der Waals surface area (Å²) in [6.07, 6.45) is 0.0809. The molecule has 0 unspecified atom stereocenters. The molecule has 0 aliphatic heterocycles. The highest BCUT2D eigenvalue weighted by atomic mass is 32.2. The molecule has 136 valence electrons. The first-order chi connectivity index (χ1) is 12.4. The van der Waals surface area contributed by atoms with Crippen molar-refractivity contribution in [3.05, 3.63) is 70.3 Å². The van der Waals surface area contributed by atoms with Crippen molar-refractivity contribution >= 4 is 28.3 Å². The molecule has 2 aromatic rings. The van der Waals surface area contributed by atoms with Gasteiger partial charge in [0.05, 0.1) is 15.7 Å². The number of hydrogen-bond donors (Lipinski definition) is 2. The van der Waals surface area contributed by atoms with Crippen LogP contribution in [0.15, 0.2) is 59.5 Å². The van der Waals surface area contributed by atoms with Gasteiger partial charge in [-0.05, 0) is 24.6 Å². The van der Waals surface area contributed by atoms with Crippen LogP contribution in [-0.4, -0.2) is 32.7 Å². The molecular weight excluding hydrogens is 358 g/mol. The summed E-state index contributed by atoms with van der Waals surface area (Å²) < 4.78 is 12.2. The van der Waals surface area contributed by atoms with Crippen LogP contribution >= 0.6 is 0 Å². The quantitative estimate of drug-likeness (QED) is 0.531. The summed E-state index contributed by atoms with van der Waals surface area (Å²) in [5, 5.41) is 13.2. The van der Waals surface area contributed by atoms with Crippen LogP contribution in [0.3, 0.4) is 0 Å². The van der Waals surface area contributed by atoms with Gasteiger partial charge in [0.1, 0.15) is 6.04 Å². The zero-order valence-corrected chi connectivity index (χ0v) is 14.5. The first-order valence-electron chi connectivity index (χ1n) is 7.66. The molecule has 0 heterocycles. The standard InChI is InChI=1S/C17H17N3O5S/c18-16(21)15(9-10-26(25)14-7-2-1-3-8-14)19-17(22)12-5-4-6-13(11-12)20(23)24/h1-8,11,15H,9-10H2,(H2,18,21)(H,19,22)/t15-,26+/m0/s1. The zero-order valence-electron chi connectivity index (χ0n) is 13.7. The van der Waals surface area contributed by atoms with Crippen LogP contribution in [0.25, 0.3) is 0 Å². The summed E-state index contributed by atoms with van der Waals surface area (Å²) in [4.78, 5) is 34.6. The molecule has 0 saturated heterocycles. The normalized spacial score (nSPS) is 12.8. The Labute approximate surface area is 152 Å². The molecule has 2 rings (SSSR count). The molecule has 0 aromatic heterocycles. The number of carbonyl (C=O) groups excluding carboxylic acids is 2. The van der Waals surface area contributed by atoms with Crippen molar-refractivity contribution in [1.29, 1.82) is 0 Å². The molecule has 0 saturated carbocycles. The maximum Gasteiger partial charge on any atom is 0.270 e. The Morgan fingerprint density at radius 2 is 1.85 bits per heavy atom. The number of rotatable bonds is 8. The maximum absolute atomic E-state index is 12.2. The van der Waals surface area contributed by atoms with Gasteiger partial charge in [0, 0.05) is 28.3 Å². The Morgan fingerprint density at radius 1 is 1.15 bits per heavy atom. The van der Waals surface area contributed by atoms with E-state index in [4.69, 9.17) is 5.73 Å². The Balaban J connectivity index is 2.02. The molecule has 0 fully saturated rings. The van der Waals surface area contributed by atoms with Crippen LogP contribution in [0, 0.1) is 10.1 Å². The summed E-state index contributed by atoms with van der Waals surface area (Å²) in [6.45, 7) is 0. The fraction of sp³-hybridized carbons (Fsp3) is 0.176. The van der Waals surface area contributed by atoms with Gasteiger partial charge in [-0.2, -0.15) is 0 Å². The van der Waals surface area contributed by atoms with Crippen LogP contribution < -0.4 is 11.1 Å². The highest BCUT2D eigenvalue weighted by Gasteiger charge is 2.21. The van der Waals surface area contributed by atoms with Crippen LogP contribution in [-0.2, 0) is 15.6 Å². The number of nitrogens with zero attached hydrogens (tertiary/aromatic N) is 1. The van der Waals surface area contributed by atoms with Crippen LogP contribution in [0.1, 0.15) is 16.8 Å². The van der Waals surface area contributed by atoms with E-state index >= 15 is 0 Å². The number of benzene rings is 2. The van der Waals surface area contributed by atoms with Gasteiger partial charge in [0.2, 0.25) is 5.91 Å². The van der Waals surface area contributed by atoms with E-state index in [0.29, 0.717) is 4.90 Å². The molecule has 3 N–H and O–H groups in total. The van der Waals surface area contributed by atoms with E-state index in [0.717, 1.165) is 6.07 Å². The van der Waals surface area contributed by atoms with E-state index in [1.165, 1.54) is 18.2 Å². The van der Waals surface area contributed by atoms with Crippen molar-refractivity contribution in [1.82, 2.24) is 5.32 Å². The fourth-order valence-electron chi connectivity index (χ4n) is 2.20. The van der Waals surface area contributed by atoms with Gasteiger partial charge in [-0.15, -0.1) is 0 Å². The number of carbonyl (C=O) groups is 2. The number of hydrogen-bond acceptors (Lipinski definition) is 5. The Bertz CT molecular complexity index is 841. The Morgan fingerprint density at radius 3 is 2.46 bits per heavy atom. The van der Waals surface area contributed by atoms with E-state index in [9.17, 15) is 23.9 Å². The lowest BCUT2D eigenvalue weighted by Gasteiger charge is -2.15. The highest BCUT2D eigenvalue weighted by molar-refractivity contribution is 7.85. The van der Waals surface area contributed by atoms with E-state index in [-0.39, 0.29) is 23.4 Å².